The van der Waals surface area contributed by atoms with Crippen molar-refractivity contribution < 1.29 is 16.8 Å². The first-order valence-electron chi connectivity index (χ1n) is 11.5. The van der Waals surface area contributed by atoms with Gasteiger partial charge in [0.1, 0.15) is 23.2 Å². The molecular formula is C24H34FN5O2. The summed E-state index contributed by atoms with van der Waals surface area (Å²) in [5.74, 6) is -0.512. The summed E-state index contributed by atoms with van der Waals surface area (Å²) >= 11 is 0. The van der Waals surface area contributed by atoms with E-state index < -0.39 is 17.4 Å². The van der Waals surface area contributed by atoms with Crippen LogP contribution in [0, 0.1) is 23.1 Å². The number of halogens is 1. The molecule has 1 saturated carbocycles. The SMILES string of the molecule is CN1CCC(C#N)(NC(=O)[C@H](CC2CCCCC2)N=C2NC(=O)c3ccc(F)cc32)CC1.[HH].[HH]. The van der Waals surface area contributed by atoms with E-state index in [-0.39, 0.29) is 20.5 Å². The average Bonchev–Trinajstić information content (AvgIpc) is 3.10. The van der Waals surface area contributed by atoms with E-state index in [1.807, 2.05) is 7.05 Å². The maximum Gasteiger partial charge on any atom is 0.257 e. The van der Waals surface area contributed by atoms with E-state index in [2.05, 4.69) is 26.6 Å². The second kappa shape index (κ2) is 9.37. The molecule has 4 rings (SSSR count). The predicted octanol–water partition coefficient (Wildman–Crippen LogP) is 3.25. The van der Waals surface area contributed by atoms with E-state index in [0.717, 1.165) is 38.8 Å². The molecule has 2 fully saturated rings. The Hall–Kier alpha value is -2.79. The van der Waals surface area contributed by atoms with E-state index >= 15 is 0 Å². The van der Waals surface area contributed by atoms with Crippen molar-refractivity contribution in [1.82, 2.24) is 15.5 Å². The van der Waals surface area contributed by atoms with Gasteiger partial charge < -0.3 is 15.5 Å². The molecule has 0 aromatic heterocycles. The molecule has 0 radical (unpaired) electrons. The van der Waals surface area contributed by atoms with Gasteiger partial charge in [-0.3, -0.25) is 14.6 Å². The van der Waals surface area contributed by atoms with Crippen LogP contribution < -0.4 is 10.6 Å². The van der Waals surface area contributed by atoms with Gasteiger partial charge in [-0.25, -0.2) is 4.39 Å². The molecule has 2 N–H and O–H groups in total. The topological polar surface area (TPSA) is 97.6 Å². The Kier molecular flexibility index (Phi) is 6.56. The lowest BCUT2D eigenvalue weighted by Crippen LogP contribution is -2.56. The number of rotatable bonds is 5. The Morgan fingerprint density at radius 2 is 2.06 bits per heavy atom. The molecule has 3 aliphatic rings. The molecule has 32 heavy (non-hydrogen) atoms. The molecule has 1 saturated heterocycles. The minimum atomic E-state index is -0.905. The molecule has 1 aromatic carbocycles. The molecule has 2 amide bonds. The summed E-state index contributed by atoms with van der Waals surface area (Å²) in [5.41, 5.74) is -0.172. The monoisotopic (exact) mass is 443 g/mol. The van der Waals surface area contributed by atoms with Crippen LogP contribution in [-0.4, -0.2) is 54.3 Å². The standard InChI is InChI=1S/C24H30FN5O2.2H2/c1-30-11-9-24(15-26,10-12-30)29-23(32)20(13-16-5-3-2-4-6-16)27-21-19-14-17(25)7-8-18(19)22(31)28-21;;/h7-8,14,16,20H,2-6,9-13H2,1H3,(H,29,32)(H,27,28,31);2*1H/t20-;;/m0../s1. The largest absolute Gasteiger partial charge is 0.336 e. The molecule has 174 valence electrons. The number of amides is 2. The van der Waals surface area contributed by atoms with Crippen molar-refractivity contribution in [3.8, 4) is 6.07 Å². The number of carbonyl (C=O) groups is 2. The number of hydrogen-bond acceptors (Lipinski definition) is 5. The van der Waals surface area contributed by atoms with E-state index in [1.165, 1.54) is 24.6 Å². The number of fused-ring (bicyclic) bond motifs is 1. The normalized spacial score (nSPS) is 23.3. The van der Waals surface area contributed by atoms with Crippen molar-refractivity contribution in [3.05, 3.63) is 35.1 Å². The Morgan fingerprint density at radius 1 is 1.34 bits per heavy atom. The second-order valence-electron chi connectivity index (χ2n) is 9.36. The van der Waals surface area contributed by atoms with Gasteiger partial charge in [0.2, 0.25) is 5.91 Å². The maximum absolute atomic E-state index is 13.9. The van der Waals surface area contributed by atoms with Gasteiger partial charge in [-0.05, 0) is 50.4 Å². The van der Waals surface area contributed by atoms with Crippen molar-refractivity contribution in [1.29, 1.82) is 5.26 Å². The number of amidine groups is 1. The summed E-state index contributed by atoms with van der Waals surface area (Å²) in [6.45, 7) is 1.47. The van der Waals surface area contributed by atoms with Crippen molar-refractivity contribution in [2.45, 2.75) is 62.9 Å². The minimum absolute atomic E-state index is 0. The summed E-state index contributed by atoms with van der Waals surface area (Å²) in [6, 6.07) is 5.53. The summed E-state index contributed by atoms with van der Waals surface area (Å²) < 4.78 is 13.9. The highest BCUT2D eigenvalue weighted by Gasteiger charge is 2.38. The van der Waals surface area contributed by atoms with Crippen LogP contribution in [0.3, 0.4) is 0 Å². The van der Waals surface area contributed by atoms with Crippen LogP contribution in [0.15, 0.2) is 23.2 Å². The number of nitrogens with one attached hydrogen (secondary N) is 2. The summed E-state index contributed by atoms with van der Waals surface area (Å²) in [7, 11) is 2.00. The van der Waals surface area contributed by atoms with E-state index in [0.29, 0.717) is 36.3 Å². The van der Waals surface area contributed by atoms with Gasteiger partial charge in [-0.2, -0.15) is 5.26 Å². The third-order valence-electron chi connectivity index (χ3n) is 7.00. The number of piperidine rings is 1. The van der Waals surface area contributed by atoms with Gasteiger partial charge in [-0.15, -0.1) is 0 Å². The van der Waals surface area contributed by atoms with Gasteiger partial charge in [0.05, 0.1) is 11.6 Å². The van der Waals surface area contributed by atoms with E-state index in [9.17, 15) is 19.2 Å². The first-order chi connectivity index (χ1) is 15.4. The van der Waals surface area contributed by atoms with Gasteiger partial charge in [0.15, 0.2) is 0 Å². The molecule has 7 nitrogen and oxygen atoms in total. The smallest absolute Gasteiger partial charge is 0.257 e. The molecule has 8 heteroatoms. The van der Waals surface area contributed by atoms with Crippen molar-refractivity contribution in [2.24, 2.45) is 10.9 Å². The number of nitrogens with zero attached hydrogens (tertiary/aromatic N) is 3. The quantitative estimate of drug-likeness (QED) is 0.730. The number of carbonyl (C=O) groups excluding carboxylic acids is 2. The first kappa shape index (κ1) is 22.4. The zero-order chi connectivity index (χ0) is 22.7. The van der Waals surface area contributed by atoms with Gasteiger partial charge in [0.25, 0.3) is 5.91 Å². The highest BCUT2D eigenvalue weighted by atomic mass is 19.1. The molecule has 0 unspecified atom stereocenters. The Morgan fingerprint density at radius 3 is 2.75 bits per heavy atom. The average molecular weight is 444 g/mol. The summed E-state index contributed by atoms with van der Waals surface area (Å²) in [5, 5.41) is 15.5. The minimum Gasteiger partial charge on any atom is -0.336 e. The van der Waals surface area contributed by atoms with Crippen LogP contribution in [0.2, 0.25) is 0 Å². The summed E-state index contributed by atoms with van der Waals surface area (Å²) in [6.07, 6.45) is 7.23. The number of likely N-dealkylation sites (tertiary alicyclic amines) is 1. The lowest BCUT2D eigenvalue weighted by atomic mass is 9.84. The third-order valence-corrected chi connectivity index (χ3v) is 7.00. The molecule has 0 bridgehead atoms. The second-order valence-corrected chi connectivity index (χ2v) is 9.36. The number of aliphatic imine (C=N–C) groups is 1. The zero-order valence-electron chi connectivity index (χ0n) is 18.5. The van der Waals surface area contributed by atoms with Crippen LogP contribution in [-0.2, 0) is 4.79 Å². The molecule has 1 aliphatic carbocycles. The number of benzene rings is 1. The number of nitriles is 1. The lowest BCUT2D eigenvalue weighted by molar-refractivity contribution is -0.124. The first-order valence-corrected chi connectivity index (χ1v) is 11.5. The van der Waals surface area contributed by atoms with Crippen LogP contribution in [0.4, 0.5) is 4.39 Å². The molecular weight excluding hydrogens is 409 g/mol. The molecule has 1 atom stereocenters. The van der Waals surface area contributed by atoms with Crippen molar-refractivity contribution >= 4 is 17.6 Å². The van der Waals surface area contributed by atoms with Gasteiger partial charge in [0, 0.05) is 21.5 Å². The maximum atomic E-state index is 13.9. The molecule has 0 spiro atoms. The summed E-state index contributed by atoms with van der Waals surface area (Å²) in [4.78, 5) is 32.5. The van der Waals surface area contributed by atoms with Gasteiger partial charge >= 0.3 is 0 Å². The highest BCUT2D eigenvalue weighted by molar-refractivity contribution is 6.23. The van der Waals surface area contributed by atoms with E-state index in [1.54, 1.807) is 0 Å². The van der Waals surface area contributed by atoms with Crippen molar-refractivity contribution in [3.63, 3.8) is 0 Å². The van der Waals surface area contributed by atoms with Gasteiger partial charge in [-0.1, -0.05) is 32.1 Å². The molecule has 1 aromatic rings. The Bertz CT molecular complexity index is 967. The Labute approximate surface area is 191 Å². The molecule has 2 aliphatic heterocycles. The lowest BCUT2D eigenvalue weighted by Gasteiger charge is -2.37. The fraction of sp³-hybridized carbons (Fsp3) is 0.583. The fourth-order valence-electron chi connectivity index (χ4n) is 4.95. The third kappa shape index (κ3) is 4.83. The van der Waals surface area contributed by atoms with Crippen LogP contribution in [0.1, 0.15) is 70.1 Å². The highest BCUT2D eigenvalue weighted by Crippen LogP contribution is 2.30. The Balaban J connectivity index is 0.00000204. The molecule has 2 heterocycles. The van der Waals surface area contributed by atoms with Crippen LogP contribution in [0.5, 0.6) is 0 Å². The zero-order valence-corrected chi connectivity index (χ0v) is 18.5. The van der Waals surface area contributed by atoms with Crippen LogP contribution in [0.25, 0.3) is 0 Å². The predicted molar refractivity (Wildman–Crippen MR) is 123 cm³/mol. The van der Waals surface area contributed by atoms with Crippen molar-refractivity contribution in [2.75, 3.05) is 20.1 Å². The van der Waals surface area contributed by atoms with Crippen LogP contribution >= 0.6 is 0 Å². The number of hydrogen-bond donors (Lipinski definition) is 2. The fourth-order valence-corrected chi connectivity index (χ4v) is 4.95. The van der Waals surface area contributed by atoms with E-state index in [4.69, 9.17) is 0 Å².